The van der Waals surface area contributed by atoms with Crippen LogP contribution in [-0.2, 0) is 0 Å². The minimum Gasteiger partial charge on any atom is -0.317 e. The number of carbonyl (C=O) groups is 1. The highest BCUT2D eigenvalue weighted by Gasteiger charge is 2.19. The van der Waals surface area contributed by atoms with Crippen molar-refractivity contribution < 1.29 is 9.18 Å². The van der Waals surface area contributed by atoms with Crippen molar-refractivity contribution in [2.24, 2.45) is 0 Å². The Balaban J connectivity index is 1.54. The number of piperidine rings is 1. The summed E-state index contributed by atoms with van der Waals surface area (Å²) in [6.07, 6.45) is 4.06. The van der Waals surface area contributed by atoms with Crippen LogP contribution >= 0.6 is 11.3 Å². The molecule has 1 amide bonds. The zero-order chi connectivity index (χ0) is 18.1. The lowest BCUT2D eigenvalue weighted by molar-refractivity contribution is 0.102. The van der Waals surface area contributed by atoms with Crippen molar-refractivity contribution in [2.75, 3.05) is 18.4 Å². The van der Waals surface area contributed by atoms with Gasteiger partial charge in [0.15, 0.2) is 5.13 Å². The third-order valence-electron chi connectivity index (χ3n) is 4.70. The number of hydrogen-bond acceptors (Lipinski definition) is 5. The molecule has 134 valence electrons. The molecule has 0 unspecified atom stereocenters. The summed E-state index contributed by atoms with van der Waals surface area (Å²) in [6.45, 7) is 3.79. The zero-order valence-electron chi connectivity index (χ0n) is 14.4. The molecule has 0 radical (unpaired) electrons. The molecule has 0 bridgehead atoms. The number of fused-ring (bicyclic) bond motifs is 1. The van der Waals surface area contributed by atoms with Crippen molar-refractivity contribution in [2.45, 2.75) is 25.7 Å². The number of halogens is 1. The van der Waals surface area contributed by atoms with Gasteiger partial charge in [0.05, 0.1) is 16.8 Å². The maximum absolute atomic E-state index is 13.3. The third kappa shape index (κ3) is 3.45. The summed E-state index contributed by atoms with van der Waals surface area (Å²) in [5.74, 6) is -0.0689. The Morgan fingerprint density at radius 1 is 1.31 bits per heavy atom. The number of anilines is 1. The van der Waals surface area contributed by atoms with Crippen molar-refractivity contribution >= 4 is 33.3 Å². The molecule has 26 heavy (non-hydrogen) atoms. The van der Waals surface area contributed by atoms with Crippen molar-refractivity contribution in [3.05, 3.63) is 52.4 Å². The summed E-state index contributed by atoms with van der Waals surface area (Å²) < 4.78 is 13.3. The van der Waals surface area contributed by atoms with E-state index in [1.165, 1.54) is 28.3 Å². The van der Waals surface area contributed by atoms with Crippen LogP contribution in [0.3, 0.4) is 0 Å². The summed E-state index contributed by atoms with van der Waals surface area (Å²) in [6, 6.07) is 6.11. The first kappa shape index (κ1) is 17.1. The molecular weight excluding hydrogens is 351 g/mol. The number of hydrogen-bond donors (Lipinski definition) is 2. The number of nitrogens with zero attached hydrogens (tertiary/aromatic N) is 2. The Bertz CT molecular complexity index is 965. The van der Waals surface area contributed by atoms with Crippen LogP contribution in [0.1, 0.15) is 39.7 Å². The van der Waals surface area contributed by atoms with Gasteiger partial charge in [-0.25, -0.2) is 9.37 Å². The highest BCUT2D eigenvalue weighted by Crippen LogP contribution is 2.32. The fourth-order valence-corrected chi connectivity index (χ4v) is 4.25. The molecule has 1 aromatic carbocycles. The van der Waals surface area contributed by atoms with E-state index in [4.69, 9.17) is 0 Å². The predicted octanol–water partition coefficient (Wildman–Crippen LogP) is 3.86. The van der Waals surface area contributed by atoms with Gasteiger partial charge < -0.3 is 5.32 Å². The number of benzene rings is 1. The maximum atomic E-state index is 13.3. The van der Waals surface area contributed by atoms with Crippen LogP contribution in [0, 0.1) is 12.7 Å². The van der Waals surface area contributed by atoms with E-state index in [2.05, 4.69) is 20.6 Å². The Morgan fingerprint density at radius 2 is 2.12 bits per heavy atom. The van der Waals surface area contributed by atoms with Crippen LogP contribution in [-0.4, -0.2) is 29.0 Å². The number of aromatic nitrogens is 2. The zero-order valence-corrected chi connectivity index (χ0v) is 15.2. The summed E-state index contributed by atoms with van der Waals surface area (Å²) in [7, 11) is 0. The van der Waals surface area contributed by atoms with Crippen LogP contribution in [0.15, 0.2) is 30.5 Å². The molecule has 0 spiro atoms. The number of aryl methyl sites for hydroxylation is 1. The van der Waals surface area contributed by atoms with E-state index in [0.717, 1.165) is 31.3 Å². The van der Waals surface area contributed by atoms with E-state index in [0.29, 0.717) is 27.8 Å². The van der Waals surface area contributed by atoms with Gasteiger partial charge in [-0.2, -0.15) is 0 Å². The van der Waals surface area contributed by atoms with Crippen molar-refractivity contribution in [3.63, 3.8) is 0 Å². The van der Waals surface area contributed by atoms with Crippen LogP contribution < -0.4 is 10.6 Å². The topological polar surface area (TPSA) is 66.9 Å². The first-order valence-electron chi connectivity index (χ1n) is 8.65. The van der Waals surface area contributed by atoms with E-state index in [-0.39, 0.29) is 11.7 Å². The van der Waals surface area contributed by atoms with Crippen molar-refractivity contribution in [1.82, 2.24) is 15.3 Å². The maximum Gasteiger partial charge on any atom is 0.259 e. The first-order chi connectivity index (χ1) is 12.6. The smallest absolute Gasteiger partial charge is 0.259 e. The predicted molar refractivity (Wildman–Crippen MR) is 101 cm³/mol. The fraction of sp³-hybridized carbons (Fsp3) is 0.316. The van der Waals surface area contributed by atoms with Gasteiger partial charge in [-0.3, -0.25) is 15.1 Å². The lowest BCUT2D eigenvalue weighted by Gasteiger charge is -2.20. The van der Waals surface area contributed by atoms with Gasteiger partial charge in [0, 0.05) is 22.5 Å². The Morgan fingerprint density at radius 3 is 2.92 bits per heavy atom. The third-order valence-corrected chi connectivity index (χ3v) is 5.78. The number of carbonyl (C=O) groups excluding carboxylic acids is 1. The highest BCUT2D eigenvalue weighted by molar-refractivity contribution is 7.15. The van der Waals surface area contributed by atoms with Gasteiger partial charge >= 0.3 is 0 Å². The molecule has 3 aromatic rings. The fourth-order valence-electron chi connectivity index (χ4n) is 3.27. The Hall–Kier alpha value is -2.38. The monoisotopic (exact) mass is 370 g/mol. The van der Waals surface area contributed by atoms with Gasteiger partial charge in [-0.05, 0) is 57.0 Å². The molecule has 7 heteroatoms. The van der Waals surface area contributed by atoms with Crippen molar-refractivity contribution in [3.8, 4) is 0 Å². The summed E-state index contributed by atoms with van der Waals surface area (Å²) in [5, 5.41) is 7.56. The van der Waals surface area contributed by atoms with Gasteiger partial charge in [0.25, 0.3) is 5.91 Å². The van der Waals surface area contributed by atoms with E-state index < -0.39 is 0 Å². The Kier molecular flexibility index (Phi) is 4.65. The second-order valence-corrected chi connectivity index (χ2v) is 7.57. The van der Waals surface area contributed by atoms with Gasteiger partial charge in [-0.15, -0.1) is 11.3 Å². The largest absolute Gasteiger partial charge is 0.317 e. The number of rotatable bonds is 3. The molecule has 1 fully saturated rings. The molecule has 2 N–H and O–H groups in total. The standard InChI is InChI=1S/C19H19FN4OS/c1-11-15(8-13-2-3-14(20)9-16(13)23-11)18(25)24-19-22-10-17(26-19)12-4-6-21-7-5-12/h2-3,8-10,12,21H,4-7H2,1H3,(H,22,24,25). The average Bonchev–Trinajstić information content (AvgIpc) is 3.10. The number of pyridine rings is 1. The van der Waals surface area contributed by atoms with E-state index >= 15 is 0 Å². The molecule has 1 aliphatic rings. The number of nitrogens with one attached hydrogen (secondary N) is 2. The quantitative estimate of drug-likeness (QED) is 0.735. The molecular formula is C19H19FN4OS. The minimum absolute atomic E-state index is 0.243. The van der Waals surface area contributed by atoms with Crippen LogP contribution in [0.5, 0.6) is 0 Å². The van der Waals surface area contributed by atoms with Gasteiger partial charge in [-0.1, -0.05) is 0 Å². The van der Waals surface area contributed by atoms with E-state index in [1.54, 1.807) is 19.1 Å². The summed E-state index contributed by atoms with van der Waals surface area (Å²) >= 11 is 1.53. The Labute approximate surface area is 154 Å². The molecule has 0 aliphatic carbocycles. The second kappa shape index (κ2) is 7.09. The molecule has 1 saturated heterocycles. The molecule has 4 rings (SSSR count). The molecule has 5 nitrogen and oxygen atoms in total. The van der Waals surface area contributed by atoms with Crippen LogP contribution in [0.4, 0.5) is 9.52 Å². The normalized spacial score (nSPS) is 15.3. The molecule has 3 heterocycles. The van der Waals surface area contributed by atoms with E-state index in [1.807, 2.05) is 6.20 Å². The van der Waals surface area contributed by atoms with E-state index in [9.17, 15) is 9.18 Å². The minimum atomic E-state index is -0.338. The molecule has 2 aromatic heterocycles. The number of amides is 1. The summed E-state index contributed by atoms with van der Waals surface area (Å²) in [5.41, 5.74) is 1.58. The SMILES string of the molecule is Cc1nc2cc(F)ccc2cc1C(=O)Nc1ncc(C2CCNCC2)s1. The lowest BCUT2D eigenvalue weighted by atomic mass is 9.97. The summed E-state index contributed by atoms with van der Waals surface area (Å²) in [4.78, 5) is 22.6. The van der Waals surface area contributed by atoms with Gasteiger partial charge in [0.1, 0.15) is 5.82 Å². The second-order valence-electron chi connectivity index (χ2n) is 6.50. The van der Waals surface area contributed by atoms with Crippen LogP contribution in [0.2, 0.25) is 0 Å². The van der Waals surface area contributed by atoms with Crippen molar-refractivity contribution in [1.29, 1.82) is 0 Å². The van der Waals surface area contributed by atoms with Gasteiger partial charge in [0.2, 0.25) is 0 Å². The number of thiazole rings is 1. The highest BCUT2D eigenvalue weighted by atomic mass is 32.1. The average molecular weight is 370 g/mol. The first-order valence-corrected chi connectivity index (χ1v) is 9.46. The molecule has 1 aliphatic heterocycles. The lowest BCUT2D eigenvalue weighted by Crippen LogP contribution is -2.26. The van der Waals surface area contributed by atoms with Crippen LogP contribution in [0.25, 0.3) is 10.9 Å². The molecule has 0 saturated carbocycles. The molecule has 0 atom stereocenters.